The summed E-state index contributed by atoms with van der Waals surface area (Å²) in [6, 6.07) is 4.43. The molecule has 0 amide bonds. The summed E-state index contributed by atoms with van der Waals surface area (Å²) in [6.07, 6.45) is 12.5. The molecule has 4 aliphatic rings. The Labute approximate surface area is 115 Å². The molecule has 1 heterocycles. The Balaban J connectivity index is 1.67. The molecule has 0 spiro atoms. The molecular formula is C17H24N2. The normalized spacial score (nSPS) is 43.6. The standard InChI is InChI=1S/C17H24N2/c18-4-3-16-13-6-12-7-14(16)10-17(8-12,9-13)15-2-1-5-19-11-15/h1-2,5,11-14,16H,3-4,6-10,18H2. The van der Waals surface area contributed by atoms with Crippen molar-refractivity contribution in [1.82, 2.24) is 4.98 Å². The summed E-state index contributed by atoms with van der Waals surface area (Å²) in [5.41, 5.74) is 7.83. The number of hydrogen-bond donors (Lipinski definition) is 1. The van der Waals surface area contributed by atoms with Crippen molar-refractivity contribution in [3.63, 3.8) is 0 Å². The van der Waals surface area contributed by atoms with E-state index in [1.807, 2.05) is 6.20 Å². The highest BCUT2D eigenvalue weighted by Crippen LogP contribution is 2.63. The molecule has 0 aliphatic heterocycles. The number of hydrogen-bond acceptors (Lipinski definition) is 2. The van der Waals surface area contributed by atoms with Crippen molar-refractivity contribution >= 4 is 0 Å². The van der Waals surface area contributed by atoms with Crippen molar-refractivity contribution in [2.45, 2.75) is 43.9 Å². The first-order valence-electron chi connectivity index (χ1n) is 7.91. The molecule has 19 heavy (non-hydrogen) atoms. The maximum Gasteiger partial charge on any atom is 0.0305 e. The van der Waals surface area contributed by atoms with Crippen LogP contribution < -0.4 is 5.73 Å². The average molecular weight is 256 g/mol. The van der Waals surface area contributed by atoms with Crippen LogP contribution in [-0.2, 0) is 5.41 Å². The van der Waals surface area contributed by atoms with Gasteiger partial charge in [-0.05, 0) is 85.8 Å². The lowest BCUT2D eigenvalue weighted by atomic mass is 9.44. The Morgan fingerprint density at radius 3 is 2.63 bits per heavy atom. The maximum atomic E-state index is 5.84. The van der Waals surface area contributed by atoms with Crippen LogP contribution in [0.2, 0.25) is 0 Å². The van der Waals surface area contributed by atoms with Crippen molar-refractivity contribution in [3.05, 3.63) is 30.1 Å². The quantitative estimate of drug-likeness (QED) is 0.902. The summed E-state index contributed by atoms with van der Waals surface area (Å²) in [7, 11) is 0. The first kappa shape index (κ1) is 11.9. The number of rotatable bonds is 3. The lowest BCUT2D eigenvalue weighted by molar-refractivity contribution is -0.0582. The second kappa shape index (κ2) is 4.31. The van der Waals surface area contributed by atoms with E-state index >= 15 is 0 Å². The third kappa shape index (κ3) is 1.76. The van der Waals surface area contributed by atoms with Crippen LogP contribution in [-0.4, -0.2) is 11.5 Å². The van der Waals surface area contributed by atoms with E-state index in [2.05, 4.69) is 23.3 Å². The zero-order chi connectivity index (χ0) is 12.9. The van der Waals surface area contributed by atoms with Crippen LogP contribution in [0.1, 0.15) is 44.1 Å². The monoisotopic (exact) mass is 256 g/mol. The molecule has 4 saturated carbocycles. The molecule has 2 nitrogen and oxygen atoms in total. The molecule has 1 aromatic heterocycles. The van der Waals surface area contributed by atoms with Crippen LogP contribution in [0.15, 0.2) is 24.5 Å². The number of nitrogens with zero attached hydrogens (tertiary/aromatic N) is 1. The number of pyridine rings is 1. The van der Waals surface area contributed by atoms with Crippen LogP contribution in [0.25, 0.3) is 0 Å². The van der Waals surface area contributed by atoms with Gasteiger partial charge in [0.2, 0.25) is 0 Å². The van der Waals surface area contributed by atoms with E-state index in [1.165, 1.54) is 44.1 Å². The maximum absolute atomic E-state index is 5.84. The Hall–Kier alpha value is -0.890. The topological polar surface area (TPSA) is 38.9 Å². The van der Waals surface area contributed by atoms with Crippen molar-refractivity contribution in [2.75, 3.05) is 6.54 Å². The largest absolute Gasteiger partial charge is 0.330 e. The van der Waals surface area contributed by atoms with E-state index in [1.54, 1.807) is 0 Å². The van der Waals surface area contributed by atoms with E-state index in [0.717, 1.165) is 30.2 Å². The third-order valence-corrected chi connectivity index (χ3v) is 6.24. The number of aromatic nitrogens is 1. The van der Waals surface area contributed by atoms with Gasteiger partial charge in [-0.1, -0.05) is 6.07 Å². The van der Waals surface area contributed by atoms with Gasteiger partial charge in [0.1, 0.15) is 0 Å². The second-order valence-electron chi connectivity index (χ2n) is 7.23. The molecule has 4 aliphatic carbocycles. The minimum atomic E-state index is 0.468. The Kier molecular flexibility index (Phi) is 2.70. The summed E-state index contributed by atoms with van der Waals surface area (Å²) in [5, 5.41) is 0. The highest BCUT2D eigenvalue weighted by atomic mass is 14.7. The average Bonchev–Trinajstić information content (AvgIpc) is 2.43. The molecule has 4 bridgehead atoms. The molecule has 2 N–H and O–H groups in total. The fourth-order valence-electron chi connectivity index (χ4n) is 5.82. The van der Waals surface area contributed by atoms with Crippen molar-refractivity contribution in [1.29, 1.82) is 0 Å². The van der Waals surface area contributed by atoms with Crippen LogP contribution in [0.5, 0.6) is 0 Å². The second-order valence-corrected chi connectivity index (χ2v) is 7.23. The minimum Gasteiger partial charge on any atom is -0.330 e. The molecule has 2 atom stereocenters. The van der Waals surface area contributed by atoms with Gasteiger partial charge in [-0.25, -0.2) is 0 Å². The van der Waals surface area contributed by atoms with Gasteiger partial charge in [0.05, 0.1) is 0 Å². The zero-order valence-corrected chi connectivity index (χ0v) is 11.6. The van der Waals surface area contributed by atoms with Crippen molar-refractivity contribution in [2.24, 2.45) is 29.4 Å². The highest BCUT2D eigenvalue weighted by molar-refractivity contribution is 5.27. The van der Waals surface area contributed by atoms with Crippen LogP contribution in [0.3, 0.4) is 0 Å². The van der Waals surface area contributed by atoms with Gasteiger partial charge in [-0.3, -0.25) is 4.98 Å². The lowest BCUT2D eigenvalue weighted by Gasteiger charge is -2.60. The van der Waals surface area contributed by atoms with E-state index in [9.17, 15) is 0 Å². The van der Waals surface area contributed by atoms with Crippen LogP contribution in [0, 0.1) is 23.7 Å². The first-order valence-corrected chi connectivity index (χ1v) is 7.91. The molecular weight excluding hydrogens is 232 g/mol. The van der Waals surface area contributed by atoms with E-state index in [4.69, 9.17) is 5.73 Å². The Morgan fingerprint density at radius 1 is 1.21 bits per heavy atom. The fraction of sp³-hybridized carbons (Fsp3) is 0.706. The molecule has 1 aromatic rings. The summed E-state index contributed by atoms with van der Waals surface area (Å²) in [4.78, 5) is 4.38. The van der Waals surface area contributed by atoms with Gasteiger partial charge >= 0.3 is 0 Å². The molecule has 5 rings (SSSR count). The van der Waals surface area contributed by atoms with Crippen molar-refractivity contribution < 1.29 is 0 Å². The van der Waals surface area contributed by atoms with Gasteiger partial charge in [-0.2, -0.15) is 0 Å². The molecule has 0 radical (unpaired) electrons. The van der Waals surface area contributed by atoms with Gasteiger partial charge in [0.25, 0.3) is 0 Å². The summed E-state index contributed by atoms with van der Waals surface area (Å²) in [6.45, 7) is 0.877. The third-order valence-electron chi connectivity index (χ3n) is 6.24. The van der Waals surface area contributed by atoms with Gasteiger partial charge < -0.3 is 5.73 Å². The van der Waals surface area contributed by atoms with Crippen LogP contribution >= 0.6 is 0 Å². The van der Waals surface area contributed by atoms with Crippen LogP contribution in [0.4, 0.5) is 0 Å². The number of nitrogens with two attached hydrogens (primary N) is 1. The van der Waals surface area contributed by atoms with Gasteiger partial charge in [0, 0.05) is 12.4 Å². The van der Waals surface area contributed by atoms with Crippen molar-refractivity contribution in [3.8, 4) is 0 Å². The summed E-state index contributed by atoms with van der Waals surface area (Å²) >= 11 is 0. The van der Waals surface area contributed by atoms with E-state index in [0.29, 0.717) is 5.41 Å². The minimum absolute atomic E-state index is 0.468. The van der Waals surface area contributed by atoms with Gasteiger partial charge in [-0.15, -0.1) is 0 Å². The highest BCUT2D eigenvalue weighted by Gasteiger charge is 2.55. The first-order chi connectivity index (χ1) is 9.31. The molecule has 2 heteroatoms. The predicted octanol–water partition coefficient (Wildman–Crippen LogP) is 3.12. The van der Waals surface area contributed by atoms with E-state index < -0.39 is 0 Å². The molecule has 102 valence electrons. The lowest BCUT2D eigenvalue weighted by Crippen LogP contribution is -2.53. The smallest absolute Gasteiger partial charge is 0.0305 e. The summed E-state index contributed by atoms with van der Waals surface area (Å²) < 4.78 is 0. The van der Waals surface area contributed by atoms with E-state index in [-0.39, 0.29) is 0 Å². The SMILES string of the molecule is NCCC1C2CC3CC1CC(c1cccnc1)(C3)C2. The zero-order valence-electron chi connectivity index (χ0n) is 11.6. The molecule has 2 unspecified atom stereocenters. The Bertz CT molecular complexity index is 440. The fourth-order valence-corrected chi connectivity index (χ4v) is 5.82. The molecule has 0 saturated heterocycles. The molecule has 4 fully saturated rings. The Morgan fingerprint density at radius 2 is 2.00 bits per heavy atom. The predicted molar refractivity (Wildman–Crippen MR) is 76.6 cm³/mol. The molecule has 0 aromatic carbocycles. The summed E-state index contributed by atoms with van der Waals surface area (Å²) in [5.74, 6) is 3.78. The van der Waals surface area contributed by atoms with Gasteiger partial charge in [0.15, 0.2) is 0 Å².